The maximum atomic E-state index is 12.1. The Morgan fingerprint density at radius 2 is 1.80 bits per heavy atom. The fourth-order valence-electron chi connectivity index (χ4n) is 2.82. The van der Waals surface area contributed by atoms with Crippen LogP contribution in [0.2, 0.25) is 0 Å². The average molecular weight is 340 g/mol. The van der Waals surface area contributed by atoms with E-state index in [1.807, 2.05) is 51.1 Å². The van der Waals surface area contributed by atoms with Crippen LogP contribution >= 0.6 is 0 Å². The third-order valence-corrected chi connectivity index (χ3v) is 4.26. The first-order chi connectivity index (χ1) is 11.7. The molecule has 1 fully saturated rings. The molecule has 0 aliphatic heterocycles. The minimum absolute atomic E-state index is 0.326. The molecule has 1 aliphatic rings. The van der Waals surface area contributed by atoms with E-state index in [1.54, 1.807) is 6.20 Å². The number of amides is 1. The van der Waals surface area contributed by atoms with Gasteiger partial charge in [-0.25, -0.2) is 9.78 Å². The van der Waals surface area contributed by atoms with Crippen molar-refractivity contribution in [2.24, 2.45) is 0 Å². The molecule has 0 atom stereocenters. The van der Waals surface area contributed by atoms with Crippen molar-refractivity contribution in [1.82, 2.24) is 10.3 Å². The van der Waals surface area contributed by atoms with Crippen LogP contribution in [0, 0.1) is 0 Å². The standard InChI is InChI=1S/C19H24N4O2/c1-18(2,3)25-17(24)23-19(9-10-19)13-6-4-12(5-7-13)14-8-11-22-16(21)15(14)20/h4-8,11H,9-10,20H2,1-3H3,(H2,21,22)(H,23,24). The van der Waals surface area contributed by atoms with E-state index in [0.29, 0.717) is 11.5 Å². The summed E-state index contributed by atoms with van der Waals surface area (Å²) in [6, 6.07) is 9.83. The molecule has 132 valence electrons. The number of pyridine rings is 1. The van der Waals surface area contributed by atoms with E-state index in [4.69, 9.17) is 16.2 Å². The van der Waals surface area contributed by atoms with Crippen LogP contribution < -0.4 is 16.8 Å². The molecule has 25 heavy (non-hydrogen) atoms. The second kappa shape index (κ2) is 5.95. The van der Waals surface area contributed by atoms with Gasteiger partial charge in [0.2, 0.25) is 0 Å². The van der Waals surface area contributed by atoms with Gasteiger partial charge in [-0.3, -0.25) is 0 Å². The SMILES string of the molecule is CC(C)(C)OC(=O)NC1(c2ccc(-c3ccnc(N)c3N)cc2)CC1. The molecular formula is C19H24N4O2. The molecule has 1 amide bonds. The first-order valence-electron chi connectivity index (χ1n) is 8.32. The minimum Gasteiger partial charge on any atom is -0.444 e. The maximum absolute atomic E-state index is 12.1. The highest BCUT2D eigenvalue weighted by Gasteiger charge is 2.46. The summed E-state index contributed by atoms with van der Waals surface area (Å²) in [5, 5.41) is 3.00. The number of nitrogens with one attached hydrogen (secondary N) is 1. The van der Waals surface area contributed by atoms with Crippen LogP contribution in [0.3, 0.4) is 0 Å². The third-order valence-electron chi connectivity index (χ3n) is 4.26. The molecule has 0 radical (unpaired) electrons. The van der Waals surface area contributed by atoms with Gasteiger partial charge in [-0.15, -0.1) is 0 Å². The molecule has 1 aromatic carbocycles. The summed E-state index contributed by atoms with van der Waals surface area (Å²) in [6.07, 6.45) is 3.05. The summed E-state index contributed by atoms with van der Waals surface area (Å²) < 4.78 is 5.37. The summed E-state index contributed by atoms with van der Waals surface area (Å²) in [4.78, 5) is 16.1. The fraction of sp³-hybridized carbons (Fsp3) is 0.368. The Morgan fingerprint density at radius 1 is 1.16 bits per heavy atom. The first kappa shape index (κ1) is 17.1. The summed E-state index contributed by atoms with van der Waals surface area (Å²) in [5.74, 6) is 0.326. The predicted octanol–water partition coefficient (Wildman–Crippen LogP) is 3.43. The van der Waals surface area contributed by atoms with E-state index >= 15 is 0 Å². The van der Waals surface area contributed by atoms with Gasteiger partial charge in [0.1, 0.15) is 11.4 Å². The zero-order valence-electron chi connectivity index (χ0n) is 14.8. The Labute approximate surface area is 147 Å². The molecular weight excluding hydrogens is 316 g/mol. The molecule has 1 saturated carbocycles. The van der Waals surface area contributed by atoms with Crippen molar-refractivity contribution in [3.8, 4) is 11.1 Å². The summed E-state index contributed by atoms with van der Waals surface area (Å²) in [5.41, 5.74) is 14.3. The van der Waals surface area contributed by atoms with Crippen LogP contribution in [0.15, 0.2) is 36.5 Å². The number of benzene rings is 1. The van der Waals surface area contributed by atoms with Crippen LogP contribution in [0.1, 0.15) is 39.2 Å². The smallest absolute Gasteiger partial charge is 0.408 e. The van der Waals surface area contributed by atoms with Crippen molar-refractivity contribution < 1.29 is 9.53 Å². The first-order valence-corrected chi connectivity index (χ1v) is 8.32. The number of nitrogens with zero attached hydrogens (tertiary/aromatic N) is 1. The molecule has 5 N–H and O–H groups in total. The predicted molar refractivity (Wildman–Crippen MR) is 98.8 cm³/mol. The van der Waals surface area contributed by atoms with E-state index in [0.717, 1.165) is 29.5 Å². The van der Waals surface area contributed by atoms with Crippen LogP contribution in [0.4, 0.5) is 16.3 Å². The second-order valence-corrected chi connectivity index (χ2v) is 7.44. The highest BCUT2D eigenvalue weighted by Crippen LogP contribution is 2.46. The van der Waals surface area contributed by atoms with E-state index in [1.165, 1.54) is 0 Å². The van der Waals surface area contributed by atoms with Crippen LogP contribution in [-0.2, 0) is 10.3 Å². The molecule has 6 heteroatoms. The number of anilines is 2. The van der Waals surface area contributed by atoms with E-state index in [-0.39, 0.29) is 11.6 Å². The average Bonchev–Trinajstić information content (AvgIpc) is 3.29. The third kappa shape index (κ3) is 3.68. The van der Waals surface area contributed by atoms with Gasteiger partial charge >= 0.3 is 6.09 Å². The highest BCUT2D eigenvalue weighted by molar-refractivity contribution is 5.82. The molecule has 0 saturated heterocycles. The molecule has 1 aliphatic carbocycles. The second-order valence-electron chi connectivity index (χ2n) is 7.44. The lowest BCUT2D eigenvalue weighted by molar-refractivity contribution is 0.0495. The van der Waals surface area contributed by atoms with Gasteiger partial charge in [-0.1, -0.05) is 24.3 Å². The summed E-state index contributed by atoms with van der Waals surface area (Å²) in [7, 11) is 0. The Hall–Kier alpha value is -2.76. The molecule has 0 unspecified atom stereocenters. The van der Waals surface area contributed by atoms with E-state index < -0.39 is 5.60 Å². The fourth-order valence-corrected chi connectivity index (χ4v) is 2.82. The number of ether oxygens (including phenoxy) is 1. The number of rotatable bonds is 3. The quantitative estimate of drug-likeness (QED) is 0.794. The molecule has 1 heterocycles. The van der Waals surface area contributed by atoms with Gasteiger partial charge in [0.15, 0.2) is 0 Å². The van der Waals surface area contributed by atoms with Gasteiger partial charge in [0, 0.05) is 11.8 Å². The Kier molecular flexibility index (Phi) is 4.06. The van der Waals surface area contributed by atoms with Crippen LogP contribution in [0.5, 0.6) is 0 Å². The number of hydrogen-bond donors (Lipinski definition) is 3. The maximum Gasteiger partial charge on any atom is 0.408 e. The zero-order chi connectivity index (χ0) is 18.2. The van der Waals surface area contributed by atoms with Crippen molar-refractivity contribution in [2.45, 2.75) is 44.8 Å². The number of nitrogens with two attached hydrogens (primary N) is 2. The van der Waals surface area contributed by atoms with Gasteiger partial charge in [0.25, 0.3) is 0 Å². The molecule has 2 aromatic rings. The monoisotopic (exact) mass is 340 g/mol. The highest BCUT2D eigenvalue weighted by atomic mass is 16.6. The van der Waals surface area contributed by atoms with Crippen LogP contribution in [-0.4, -0.2) is 16.7 Å². The van der Waals surface area contributed by atoms with Crippen molar-refractivity contribution in [2.75, 3.05) is 11.5 Å². The van der Waals surface area contributed by atoms with E-state index in [9.17, 15) is 4.79 Å². The van der Waals surface area contributed by atoms with Gasteiger partial charge in [-0.2, -0.15) is 0 Å². The largest absolute Gasteiger partial charge is 0.444 e. The number of carbonyl (C=O) groups is 1. The van der Waals surface area contributed by atoms with Crippen molar-refractivity contribution in [3.05, 3.63) is 42.1 Å². The van der Waals surface area contributed by atoms with Crippen LogP contribution in [0.25, 0.3) is 11.1 Å². The van der Waals surface area contributed by atoms with Crippen molar-refractivity contribution in [1.29, 1.82) is 0 Å². The lowest BCUT2D eigenvalue weighted by Gasteiger charge is -2.24. The topological polar surface area (TPSA) is 103 Å². The lowest BCUT2D eigenvalue weighted by Crippen LogP contribution is -2.39. The minimum atomic E-state index is -0.511. The Morgan fingerprint density at radius 3 is 2.36 bits per heavy atom. The van der Waals surface area contributed by atoms with Gasteiger partial charge < -0.3 is 21.5 Å². The van der Waals surface area contributed by atoms with Crippen molar-refractivity contribution >= 4 is 17.6 Å². The number of alkyl carbamates (subject to hydrolysis) is 1. The molecule has 1 aromatic heterocycles. The number of nitrogen functional groups attached to an aromatic ring is 2. The number of carbonyl (C=O) groups excluding carboxylic acids is 1. The molecule has 3 rings (SSSR count). The number of aromatic nitrogens is 1. The summed E-state index contributed by atoms with van der Waals surface area (Å²) in [6.45, 7) is 5.56. The molecule has 0 spiro atoms. The Balaban J connectivity index is 1.78. The molecule has 0 bridgehead atoms. The Bertz CT molecular complexity index is 790. The molecule has 6 nitrogen and oxygen atoms in total. The van der Waals surface area contributed by atoms with Crippen molar-refractivity contribution in [3.63, 3.8) is 0 Å². The zero-order valence-corrected chi connectivity index (χ0v) is 14.8. The van der Waals surface area contributed by atoms with E-state index in [2.05, 4.69) is 10.3 Å². The normalized spacial score (nSPS) is 15.5. The lowest BCUT2D eigenvalue weighted by atomic mass is 9.99. The summed E-state index contributed by atoms with van der Waals surface area (Å²) >= 11 is 0. The van der Waals surface area contributed by atoms with Gasteiger partial charge in [-0.05, 0) is 50.8 Å². The van der Waals surface area contributed by atoms with Gasteiger partial charge in [0.05, 0.1) is 11.2 Å². The number of hydrogen-bond acceptors (Lipinski definition) is 5.